The van der Waals surface area contributed by atoms with E-state index in [0.29, 0.717) is 4.99 Å². The quantitative estimate of drug-likeness (QED) is 0.796. The first-order chi connectivity index (χ1) is 9.60. The number of aryl methyl sites for hydroxylation is 1. The van der Waals surface area contributed by atoms with Gasteiger partial charge >= 0.3 is 0 Å². The molecular formula is C17H26N2S. The highest BCUT2D eigenvalue weighted by Crippen LogP contribution is 2.30. The van der Waals surface area contributed by atoms with Crippen molar-refractivity contribution in [3.8, 4) is 0 Å². The molecule has 0 bridgehead atoms. The molecule has 1 saturated carbocycles. The first kappa shape index (κ1) is 15.3. The van der Waals surface area contributed by atoms with E-state index in [2.05, 4.69) is 31.3 Å². The predicted molar refractivity (Wildman–Crippen MR) is 91.3 cm³/mol. The molecule has 0 amide bonds. The highest BCUT2D eigenvalue weighted by molar-refractivity contribution is 7.80. The van der Waals surface area contributed by atoms with E-state index in [4.69, 9.17) is 18.0 Å². The largest absolute Gasteiger partial charge is 0.389 e. The van der Waals surface area contributed by atoms with Gasteiger partial charge in [-0.2, -0.15) is 0 Å². The Morgan fingerprint density at radius 2 is 1.90 bits per heavy atom. The van der Waals surface area contributed by atoms with Crippen LogP contribution in [0.1, 0.15) is 50.2 Å². The third kappa shape index (κ3) is 3.95. The molecule has 1 aromatic carbocycles. The second-order valence-corrected chi connectivity index (χ2v) is 6.51. The number of hydrogen-bond acceptors (Lipinski definition) is 2. The predicted octanol–water partition coefficient (Wildman–Crippen LogP) is 4.26. The van der Waals surface area contributed by atoms with Crippen molar-refractivity contribution in [1.82, 2.24) is 0 Å². The van der Waals surface area contributed by atoms with Crippen molar-refractivity contribution in [2.45, 2.75) is 46.0 Å². The zero-order chi connectivity index (χ0) is 14.5. The third-order valence-corrected chi connectivity index (χ3v) is 4.85. The summed E-state index contributed by atoms with van der Waals surface area (Å²) in [6, 6.07) is 6.25. The van der Waals surface area contributed by atoms with Crippen molar-refractivity contribution in [3.63, 3.8) is 0 Å². The maximum absolute atomic E-state index is 5.69. The molecule has 1 aliphatic rings. The van der Waals surface area contributed by atoms with Crippen LogP contribution in [-0.2, 0) is 0 Å². The standard InChI is InChI=1S/C17H26N2S/c1-3-13-4-6-14(7-5-13)11-19-15-8-9-16(17(18)20)12(2)10-15/h8-10,13-14,19H,3-7,11H2,1-2H3,(H2,18,20). The van der Waals surface area contributed by atoms with Crippen molar-refractivity contribution in [3.05, 3.63) is 29.3 Å². The van der Waals surface area contributed by atoms with Crippen molar-refractivity contribution in [2.75, 3.05) is 11.9 Å². The lowest BCUT2D eigenvalue weighted by Gasteiger charge is -2.28. The summed E-state index contributed by atoms with van der Waals surface area (Å²) in [5.74, 6) is 1.80. The lowest BCUT2D eigenvalue weighted by Crippen LogP contribution is -2.21. The Hall–Kier alpha value is -1.09. The zero-order valence-corrected chi connectivity index (χ0v) is 13.4. The van der Waals surface area contributed by atoms with E-state index in [1.807, 2.05) is 6.07 Å². The third-order valence-electron chi connectivity index (χ3n) is 4.63. The number of rotatable bonds is 5. The Kier molecular flexibility index (Phi) is 5.41. The Labute approximate surface area is 128 Å². The molecule has 0 unspecified atom stereocenters. The van der Waals surface area contributed by atoms with Gasteiger partial charge in [-0.1, -0.05) is 38.4 Å². The number of benzene rings is 1. The van der Waals surface area contributed by atoms with E-state index >= 15 is 0 Å². The highest BCUT2D eigenvalue weighted by atomic mass is 32.1. The van der Waals surface area contributed by atoms with Crippen LogP contribution >= 0.6 is 12.2 Å². The number of nitrogens with two attached hydrogens (primary N) is 1. The Balaban J connectivity index is 1.85. The van der Waals surface area contributed by atoms with Gasteiger partial charge in [-0.15, -0.1) is 0 Å². The van der Waals surface area contributed by atoms with Crippen molar-refractivity contribution in [2.24, 2.45) is 17.6 Å². The lowest BCUT2D eigenvalue weighted by molar-refractivity contribution is 0.278. The highest BCUT2D eigenvalue weighted by Gasteiger charge is 2.19. The molecule has 0 spiro atoms. The average molecular weight is 290 g/mol. The van der Waals surface area contributed by atoms with E-state index < -0.39 is 0 Å². The van der Waals surface area contributed by atoms with Gasteiger partial charge in [0.05, 0.1) is 0 Å². The van der Waals surface area contributed by atoms with E-state index in [-0.39, 0.29) is 0 Å². The monoisotopic (exact) mass is 290 g/mol. The number of hydrogen-bond donors (Lipinski definition) is 2. The molecule has 1 fully saturated rings. The summed E-state index contributed by atoms with van der Waals surface area (Å²) >= 11 is 5.04. The smallest absolute Gasteiger partial charge is 0.104 e. The van der Waals surface area contributed by atoms with Gasteiger partial charge in [0.1, 0.15) is 4.99 Å². The van der Waals surface area contributed by atoms with Crippen LogP contribution in [0.5, 0.6) is 0 Å². The topological polar surface area (TPSA) is 38.0 Å². The van der Waals surface area contributed by atoms with Crippen molar-refractivity contribution in [1.29, 1.82) is 0 Å². The molecule has 1 aromatic rings. The summed E-state index contributed by atoms with van der Waals surface area (Å²) in [6.45, 7) is 5.46. The minimum Gasteiger partial charge on any atom is -0.389 e. The Bertz CT molecular complexity index is 462. The van der Waals surface area contributed by atoms with Crippen LogP contribution in [0.15, 0.2) is 18.2 Å². The molecule has 20 heavy (non-hydrogen) atoms. The number of anilines is 1. The normalized spacial score (nSPS) is 22.5. The minimum absolute atomic E-state index is 0.479. The Morgan fingerprint density at radius 1 is 1.25 bits per heavy atom. The van der Waals surface area contributed by atoms with E-state index in [9.17, 15) is 0 Å². The fourth-order valence-electron chi connectivity index (χ4n) is 3.16. The van der Waals surface area contributed by atoms with Crippen LogP contribution in [-0.4, -0.2) is 11.5 Å². The first-order valence-corrected chi connectivity index (χ1v) is 8.15. The number of thiocarbonyl (C=S) groups is 1. The second-order valence-electron chi connectivity index (χ2n) is 6.07. The van der Waals surface area contributed by atoms with Crippen LogP contribution in [0.2, 0.25) is 0 Å². The molecule has 0 aromatic heterocycles. The average Bonchev–Trinajstić information content (AvgIpc) is 2.45. The molecule has 0 atom stereocenters. The van der Waals surface area contributed by atoms with Gasteiger partial charge in [0.2, 0.25) is 0 Å². The van der Waals surface area contributed by atoms with Gasteiger partial charge in [0, 0.05) is 17.8 Å². The van der Waals surface area contributed by atoms with Gasteiger partial charge in [-0.3, -0.25) is 0 Å². The van der Waals surface area contributed by atoms with Gasteiger partial charge in [-0.25, -0.2) is 0 Å². The summed E-state index contributed by atoms with van der Waals surface area (Å²) in [7, 11) is 0. The molecule has 0 radical (unpaired) electrons. The molecule has 110 valence electrons. The SMILES string of the molecule is CCC1CCC(CNc2ccc(C(N)=S)c(C)c2)CC1. The summed E-state index contributed by atoms with van der Waals surface area (Å²) in [4.78, 5) is 0.479. The molecule has 3 N–H and O–H groups in total. The first-order valence-electron chi connectivity index (χ1n) is 7.74. The number of nitrogens with one attached hydrogen (secondary N) is 1. The van der Waals surface area contributed by atoms with Gasteiger partial charge in [0.25, 0.3) is 0 Å². The second kappa shape index (κ2) is 7.07. The van der Waals surface area contributed by atoms with Crippen LogP contribution in [0.4, 0.5) is 5.69 Å². The van der Waals surface area contributed by atoms with Crippen LogP contribution < -0.4 is 11.1 Å². The molecule has 3 heteroatoms. The zero-order valence-electron chi connectivity index (χ0n) is 12.6. The fourth-order valence-corrected chi connectivity index (χ4v) is 3.39. The molecule has 2 rings (SSSR count). The Morgan fingerprint density at radius 3 is 2.45 bits per heavy atom. The summed E-state index contributed by atoms with van der Waals surface area (Å²) < 4.78 is 0. The van der Waals surface area contributed by atoms with Gasteiger partial charge < -0.3 is 11.1 Å². The summed E-state index contributed by atoms with van der Waals surface area (Å²) in [5, 5.41) is 3.57. The molecule has 0 aliphatic heterocycles. The van der Waals surface area contributed by atoms with Gasteiger partial charge in [-0.05, 0) is 55.4 Å². The molecular weight excluding hydrogens is 264 g/mol. The van der Waals surface area contributed by atoms with Crippen LogP contribution in [0.25, 0.3) is 0 Å². The molecule has 1 aliphatic carbocycles. The molecule has 0 heterocycles. The van der Waals surface area contributed by atoms with E-state index in [0.717, 1.165) is 29.5 Å². The maximum Gasteiger partial charge on any atom is 0.104 e. The molecule has 2 nitrogen and oxygen atoms in total. The fraction of sp³-hybridized carbons (Fsp3) is 0.588. The van der Waals surface area contributed by atoms with E-state index in [1.165, 1.54) is 37.8 Å². The van der Waals surface area contributed by atoms with E-state index in [1.54, 1.807) is 0 Å². The van der Waals surface area contributed by atoms with Crippen molar-refractivity contribution < 1.29 is 0 Å². The summed E-state index contributed by atoms with van der Waals surface area (Å²) in [6.07, 6.45) is 6.90. The minimum atomic E-state index is 0.479. The van der Waals surface area contributed by atoms with Crippen LogP contribution in [0, 0.1) is 18.8 Å². The lowest BCUT2D eigenvalue weighted by atomic mass is 9.81. The van der Waals surface area contributed by atoms with Gasteiger partial charge in [0.15, 0.2) is 0 Å². The molecule has 0 saturated heterocycles. The summed E-state index contributed by atoms with van der Waals surface area (Å²) in [5.41, 5.74) is 9.00. The van der Waals surface area contributed by atoms with Crippen LogP contribution in [0.3, 0.4) is 0 Å². The van der Waals surface area contributed by atoms with Crippen molar-refractivity contribution >= 4 is 22.9 Å². The maximum atomic E-state index is 5.69.